The zero-order chi connectivity index (χ0) is 12.8. The lowest BCUT2D eigenvalue weighted by molar-refractivity contribution is -0.116. The van der Waals surface area contributed by atoms with Crippen molar-refractivity contribution in [1.29, 1.82) is 0 Å². The number of benzene rings is 1. The Hall–Kier alpha value is -2.07. The predicted octanol–water partition coefficient (Wildman–Crippen LogP) is 2.03. The second-order valence-corrected chi connectivity index (χ2v) is 4.04. The molecule has 2 N–H and O–H groups in total. The molecule has 0 bridgehead atoms. The first-order chi connectivity index (χ1) is 8.79. The molecule has 0 aliphatic rings. The summed E-state index contributed by atoms with van der Waals surface area (Å²) in [6.45, 7) is 0.684. The molecule has 4 nitrogen and oxygen atoms in total. The van der Waals surface area contributed by atoms with Crippen molar-refractivity contribution in [3.05, 3.63) is 48.8 Å². The predicted molar refractivity (Wildman–Crippen MR) is 72.9 cm³/mol. The smallest absolute Gasteiger partial charge is 0.225 e. The van der Waals surface area contributed by atoms with Crippen LogP contribution < -0.4 is 10.6 Å². The first-order valence-electron chi connectivity index (χ1n) is 5.97. The van der Waals surface area contributed by atoms with Crippen molar-refractivity contribution >= 4 is 11.6 Å². The molecule has 1 amide bonds. The van der Waals surface area contributed by atoms with Crippen molar-refractivity contribution in [1.82, 2.24) is 9.88 Å². The molecular weight excluding hydrogens is 226 g/mol. The Bertz CT molecular complexity index is 506. The van der Waals surface area contributed by atoms with Gasteiger partial charge in [0, 0.05) is 36.7 Å². The minimum atomic E-state index is 0.0222. The number of nitrogens with one attached hydrogen (secondary N) is 2. The monoisotopic (exact) mass is 243 g/mol. The maximum Gasteiger partial charge on any atom is 0.225 e. The molecule has 0 radical (unpaired) electrons. The standard InChI is InChI=1S/C14H17N3O/c1-15-8-7-14(18)16-12-5-4-6-13(11-12)17-9-2-3-10-17/h2-6,9-11,15H,7-8H2,1H3,(H,16,18). The quantitative estimate of drug-likeness (QED) is 0.844. The van der Waals surface area contributed by atoms with Crippen LogP contribution in [0.3, 0.4) is 0 Å². The van der Waals surface area contributed by atoms with Crippen LogP contribution in [0.4, 0.5) is 5.69 Å². The molecule has 0 atom stereocenters. The lowest BCUT2D eigenvalue weighted by Crippen LogP contribution is -2.18. The Balaban J connectivity index is 2.06. The first-order valence-corrected chi connectivity index (χ1v) is 5.97. The molecule has 1 heterocycles. The molecule has 0 aliphatic carbocycles. The Morgan fingerprint density at radius 3 is 2.72 bits per heavy atom. The van der Waals surface area contributed by atoms with E-state index in [9.17, 15) is 4.79 Å². The van der Waals surface area contributed by atoms with E-state index in [4.69, 9.17) is 0 Å². The average molecular weight is 243 g/mol. The lowest BCUT2D eigenvalue weighted by atomic mass is 10.2. The normalized spacial score (nSPS) is 10.3. The SMILES string of the molecule is CNCCC(=O)Nc1cccc(-n2cccc2)c1. The summed E-state index contributed by atoms with van der Waals surface area (Å²) in [7, 11) is 1.83. The van der Waals surface area contributed by atoms with Gasteiger partial charge in [-0.05, 0) is 37.4 Å². The van der Waals surface area contributed by atoms with Crippen LogP contribution in [-0.4, -0.2) is 24.1 Å². The number of rotatable bonds is 5. The Labute approximate surface area is 107 Å². The van der Waals surface area contributed by atoms with Crippen molar-refractivity contribution in [3.63, 3.8) is 0 Å². The van der Waals surface area contributed by atoms with Gasteiger partial charge in [0.25, 0.3) is 0 Å². The van der Waals surface area contributed by atoms with Gasteiger partial charge in [0.2, 0.25) is 5.91 Å². The molecule has 94 valence electrons. The van der Waals surface area contributed by atoms with Gasteiger partial charge in [-0.1, -0.05) is 6.07 Å². The van der Waals surface area contributed by atoms with Gasteiger partial charge in [-0.25, -0.2) is 0 Å². The number of amides is 1. The zero-order valence-corrected chi connectivity index (χ0v) is 10.4. The van der Waals surface area contributed by atoms with E-state index in [1.54, 1.807) is 0 Å². The Morgan fingerprint density at radius 1 is 1.22 bits per heavy atom. The van der Waals surface area contributed by atoms with Crippen LogP contribution in [0, 0.1) is 0 Å². The van der Waals surface area contributed by atoms with Crippen LogP contribution in [0.2, 0.25) is 0 Å². The Morgan fingerprint density at radius 2 is 2.00 bits per heavy atom. The molecule has 0 aliphatic heterocycles. The highest BCUT2D eigenvalue weighted by Gasteiger charge is 2.02. The summed E-state index contributed by atoms with van der Waals surface area (Å²) in [5.41, 5.74) is 1.86. The van der Waals surface area contributed by atoms with E-state index in [-0.39, 0.29) is 5.91 Å². The Kier molecular flexibility index (Phi) is 4.15. The van der Waals surface area contributed by atoms with Gasteiger partial charge in [-0.15, -0.1) is 0 Å². The van der Waals surface area contributed by atoms with E-state index in [1.165, 1.54) is 0 Å². The fourth-order valence-electron chi connectivity index (χ4n) is 1.71. The molecule has 1 aromatic heterocycles. The summed E-state index contributed by atoms with van der Waals surface area (Å²) in [6.07, 6.45) is 4.42. The van der Waals surface area contributed by atoms with Crippen LogP contribution in [0.1, 0.15) is 6.42 Å². The van der Waals surface area contributed by atoms with Crippen molar-refractivity contribution in [2.24, 2.45) is 0 Å². The molecular formula is C14H17N3O. The number of hydrogen-bond acceptors (Lipinski definition) is 2. The molecule has 1 aromatic carbocycles. The third kappa shape index (κ3) is 3.21. The second-order valence-electron chi connectivity index (χ2n) is 4.04. The first kappa shape index (κ1) is 12.4. The molecule has 2 rings (SSSR count). The highest BCUT2D eigenvalue weighted by atomic mass is 16.1. The summed E-state index contributed by atoms with van der Waals surface area (Å²) >= 11 is 0. The number of carbonyl (C=O) groups excluding carboxylic acids is 1. The minimum absolute atomic E-state index is 0.0222. The zero-order valence-electron chi connectivity index (χ0n) is 10.4. The molecule has 2 aromatic rings. The van der Waals surface area contributed by atoms with E-state index < -0.39 is 0 Å². The third-order valence-corrected chi connectivity index (χ3v) is 2.63. The van der Waals surface area contributed by atoms with Gasteiger partial charge in [0.1, 0.15) is 0 Å². The molecule has 0 saturated carbocycles. The summed E-state index contributed by atoms with van der Waals surface area (Å²) in [5.74, 6) is 0.0222. The number of anilines is 1. The maximum atomic E-state index is 11.6. The van der Waals surface area contributed by atoms with Gasteiger partial charge in [0.05, 0.1) is 0 Å². The summed E-state index contributed by atoms with van der Waals surface area (Å²) in [5, 5.41) is 5.84. The van der Waals surface area contributed by atoms with Gasteiger partial charge >= 0.3 is 0 Å². The molecule has 0 spiro atoms. The van der Waals surface area contributed by atoms with Gasteiger partial charge in [0.15, 0.2) is 0 Å². The fraction of sp³-hybridized carbons (Fsp3) is 0.214. The number of aromatic nitrogens is 1. The maximum absolute atomic E-state index is 11.6. The van der Waals surface area contributed by atoms with E-state index in [2.05, 4.69) is 10.6 Å². The van der Waals surface area contributed by atoms with E-state index >= 15 is 0 Å². The van der Waals surface area contributed by atoms with Crippen LogP contribution in [0.25, 0.3) is 5.69 Å². The summed E-state index contributed by atoms with van der Waals surface area (Å²) in [6, 6.07) is 11.7. The van der Waals surface area contributed by atoms with Crippen LogP contribution in [-0.2, 0) is 4.79 Å². The van der Waals surface area contributed by atoms with Gasteiger partial charge < -0.3 is 15.2 Å². The van der Waals surface area contributed by atoms with Crippen molar-refractivity contribution in [2.45, 2.75) is 6.42 Å². The average Bonchev–Trinajstić information content (AvgIpc) is 2.90. The van der Waals surface area contributed by atoms with Crippen molar-refractivity contribution < 1.29 is 4.79 Å². The van der Waals surface area contributed by atoms with Gasteiger partial charge in [-0.3, -0.25) is 4.79 Å². The number of nitrogens with zero attached hydrogens (tertiary/aromatic N) is 1. The molecule has 0 fully saturated rings. The van der Waals surface area contributed by atoms with Gasteiger partial charge in [-0.2, -0.15) is 0 Å². The summed E-state index contributed by atoms with van der Waals surface area (Å²) < 4.78 is 2.00. The minimum Gasteiger partial charge on any atom is -0.326 e. The van der Waals surface area contributed by atoms with Crippen LogP contribution >= 0.6 is 0 Å². The topological polar surface area (TPSA) is 46.1 Å². The molecule has 0 saturated heterocycles. The van der Waals surface area contributed by atoms with E-state index in [0.717, 1.165) is 11.4 Å². The fourth-order valence-corrected chi connectivity index (χ4v) is 1.71. The summed E-state index contributed by atoms with van der Waals surface area (Å²) in [4.78, 5) is 11.6. The number of carbonyl (C=O) groups is 1. The third-order valence-electron chi connectivity index (χ3n) is 2.63. The largest absolute Gasteiger partial charge is 0.326 e. The van der Waals surface area contributed by atoms with Crippen molar-refractivity contribution in [2.75, 3.05) is 18.9 Å². The highest BCUT2D eigenvalue weighted by Crippen LogP contribution is 2.14. The van der Waals surface area contributed by atoms with Crippen LogP contribution in [0.5, 0.6) is 0 Å². The van der Waals surface area contributed by atoms with Crippen LogP contribution in [0.15, 0.2) is 48.8 Å². The lowest BCUT2D eigenvalue weighted by Gasteiger charge is -2.08. The van der Waals surface area contributed by atoms with E-state index in [0.29, 0.717) is 13.0 Å². The molecule has 18 heavy (non-hydrogen) atoms. The second kappa shape index (κ2) is 6.02. The molecule has 4 heteroatoms. The van der Waals surface area contributed by atoms with Crippen molar-refractivity contribution in [3.8, 4) is 5.69 Å². The molecule has 0 unspecified atom stereocenters. The number of hydrogen-bond donors (Lipinski definition) is 2. The highest BCUT2D eigenvalue weighted by molar-refractivity contribution is 5.91. The van der Waals surface area contributed by atoms with E-state index in [1.807, 2.05) is 60.4 Å².